The summed E-state index contributed by atoms with van der Waals surface area (Å²) in [7, 11) is 0. The van der Waals surface area contributed by atoms with Crippen molar-refractivity contribution < 1.29 is 19.4 Å². The Morgan fingerprint density at radius 1 is 1.26 bits per heavy atom. The minimum atomic E-state index is -0.884. The Hall–Kier alpha value is -1.88. The van der Waals surface area contributed by atoms with Crippen LogP contribution in [0.3, 0.4) is 0 Å². The molecule has 0 radical (unpaired) electrons. The molecule has 0 unspecified atom stereocenters. The summed E-state index contributed by atoms with van der Waals surface area (Å²) >= 11 is 0. The van der Waals surface area contributed by atoms with Gasteiger partial charge in [-0.25, -0.2) is 0 Å². The van der Waals surface area contributed by atoms with Crippen LogP contribution in [0.15, 0.2) is 30.3 Å². The molecule has 0 aromatic heterocycles. The quantitative estimate of drug-likeness (QED) is 0.771. The van der Waals surface area contributed by atoms with E-state index in [1.807, 2.05) is 30.3 Å². The fourth-order valence-electron chi connectivity index (χ4n) is 2.80. The van der Waals surface area contributed by atoms with E-state index in [-0.39, 0.29) is 18.6 Å². The van der Waals surface area contributed by atoms with Crippen molar-refractivity contribution in [1.82, 2.24) is 5.32 Å². The Morgan fingerprint density at radius 2 is 2.04 bits per heavy atom. The summed E-state index contributed by atoms with van der Waals surface area (Å²) in [6.07, 6.45) is 4.97. The summed E-state index contributed by atoms with van der Waals surface area (Å²) in [4.78, 5) is 23.3. The first-order chi connectivity index (χ1) is 11.1. The zero-order valence-electron chi connectivity index (χ0n) is 13.4. The van der Waals surface area contributed by atoms with Gasteiger partial charge in [0.1, 0.15) is 0 Å². The molecule has 126 valence electrons. The van der Waals surface area contributed by atoms with E-state index in [0.717, 1.165) is 31.4 Å². The number of carboxylic acids is 1. The van der Waals surface area contributed by atoms with Crippen LogP contribution >= 0.6 is 0 Å². The maximum absolute atomic E-state index is 11.9. The lowest BCUT2D eigenvalue weighted by Crippen LogP contribution is -2.34. The molecule has 1 aliphatic rings. The predicted molar refractivity (Wildman–Crippen MR) is 87.1 cm³/mol. The van der Waals surface area contributed by atoms with E-state index in [2.05, 4.69) is 5.32 Å². The van der Waals surface area contributed by atoms with Gasteiger partial charge in [-0.15, -0.1) is 0 Å². The lowest BCUT2D eigenvalue weighted by Gasteiger charge is -2.22. The van der Waals surface area contributed by atoms with Gasteiger partial charge in [0.2, 0.25) is 5.91 Å². The molecule has 1 fully saturated rings. The zero-order valence-corrected chi connectivity index (χ0v) is 13.4. The highest BCUT2D eigenvalue weighted by Gasteiger charge is 2.20. The number of aliphatic carboxylic acids is 1. The van der Waals surface area contributed by atoms with Crippen LogP contribution in [0.25, 0.3) is 0 Å². The highest BCUT2D eigenvalue weighted by Crippen LogP contribution is 2.17. The van der Waals surface area contributed by atoms with E-state index in [9.17, 15) is 14.7 Å². The topological polar surface area (TPSA) is 75.6 Å². The number of carbonyl (C=O) groups excluding carboxylic acids is 1. The molecule has 2 rings (SSSR count). The van der Waals surface area contributed by atoms with Crippen molar-refractivity contribution in [3.05, 3.63) is 35.9 Å². The number of hydrogen-bond donors (Lipinski definition) is 2. The first-order valence-electron chi connectivity index (χ1n) is 8.30. The van der Waals surface area contributed by atoms with E-state index in [1.54, 1.807) is 0 Å². The predicted octanol–water partition coefficient (Wildman–Crippen LogP) is 2.40. The Bertz CT molecular complexity index is 497. The molecule has 1 aliphatic heterocycles. The van der Waals surface area contributed by atoms with Gasteiger partial charge in [0.25, 0.3) is 0 Å². The third-order valence-electron chi connectivity index (χ3n) is 4.19. The molecular formula is C18H25NO4. The van der Waals surface area contributed by atoms with Crippen LogP contribution < -0.4 is 5.32 Å². The fourth-order valence-corrected chi connectivity index (χ4v) is 2.80. The van der Waals surface area contributed by atoms with Gasteiger partial charge < -0.3 is 15.2 Å². The molecule has 0 spiro atoms. The van der Waals surface area contributed by atoms with Gasteiger partial charge in [0, 0.05) is 19.6 Å². The van der Waals surface area contributed by atoms with Crippen molar-refractivity contribution in [3.8, 4) is 0 Å². The third kappa shape index (κ3) is 6.40. The molecule has 2 atom stereocenters. The summed E-state index contributed by atoms with van der Waals surface area (Å²) in [6, 6.07) is 9.47. The van der Waals surface area contributed by atoms with Crippen molar-refractivity contribution >= 4 is 11.9 Å². The Labute approximate surface area is 137 Å². The minimum Gasteiger partial charge on any atom is -0.481 e. The average Bonchev–Trinajstić information content (AvgIpc) is 2.58. The van der Waals surface area contributed by atoms with Crippen molar-refractivity contribution in [1.29, 1.82) is 0 Å². The monoisotopic (exact) mass is 319 g/mol. The molecular weight excluding hydrogens is 294 g/mol. The van der Waals surface area contributed by atoms with E-state index < -0.39 is 11.9 Å². The van der Waals surface area contributed by atoms with Crippen molar-refractivity contribution in [3.63, 3.8) is 0 Å². The molecule has 2 N–H and O–H groups in total. The molecule has 1 aromatic rings. The zero-order chi connectivity index (χ0) is 16.5. The fraction of sp³-hybridized carbons (Fsp3) is 0.556. The van der Waals surface area contributed by atoms with Gasteiger partial charge in [0.05, 0.1) is 12.0 Å². The molecule has 5 nitrogen and oxygen atoms in total. The van der Waals surface area contributed by atoms with Crippen LogP contribution in [0.1, 0.15) is 37.7 Å². The number of carboxylic acid groups (broad SMARTS) is 1. The first kappa shape index (κ1) is 17.5. The Kier molecular flexibility index (Phi) is 7.07. The summed E-state index contributed by atoms with van der Waals surface area (Å²) in [5.41, 5.74) is 0.963. The van der Waals surface area contributed by atoms with Gasteiger partial charge in [0.15, 0.2) is 0 Å². The van der Waals surface area contributed by atoms with Crippen LogP contribution in [0, 0.1) is 5.92 Å². The van der Waals surface area contributed by atoms with Gasteiger partial charge in [-0.2, -0.15) is 0 Å². The van der Waals surface area contributed by atoms with Crippen molar-refractivity contribution in [2.45, 2.75) is 44.6 Å². The van der Waals surface area contributed by atoms with Crippen LogP contribution in [-0.4, -0.2) is 36.2 Å². The number of amides is 1. The molecule has 1 saturated heterocycles. The summed E-state index contributed by atoms with van der Waals surface area (Å²) < 4.78 is 5.60. The van der Waals surface area contributed by atoms with Gasteiger partial charge in [-0.1, -0.05) is 30.3 Å². The molecule has 1 aromatic carbocycles. The van der Waals surface area contributed by atoms with Crippen molar-refractivity contribution in [2.24, 2.45) is 5.92 Å². The van der Waals surface area contributed by atoms with E-state index in [1.165, 1.54) is 0 Å². The van der Waals surface area contributed by atoms with E-state index in [4.69, 9.17) is 4.74 Å². The van der Waals surface area contributed by atoms with Gasteiger partial charge in [-0.05, 0) is 37.7 Å². The Balaban J connectivity index is 1.72. The normalized spacial score (nSPS) is 19.0. The molecule has 1 amide bonds. The highest BCUT2D eigenvalue weighted by molar-refractivity contribution is 5.77. The molecule has 5 heteroatoms. The molecule has 0 aliphatic carbocycles. The number of rotatable bonds is 8. The lowest BCUT2D eigenvalue weighted by atomic mass is 9.99. The van der Waals surface area contributed by atoms with Crippen LogP contribution in [0.4, 0.5) is 0 Å². The summed E-state index contributed by atoms with van der Waals surface area (Å²) in [6.45, 7) is 0.943. The summed E-state index contributed by atoms with van der Waals surface area (Å²) in [5, 5.41) is 12.1. The third-order valence-corrected chi connectivity index (χ3v) is 4.19. The Morgan fingerprint density at radius 3 is 2.70 bits per heavy atom. The SMILES string of the molecule is O=C(CC[C@H]1CCCCO1)NC[C@@H](Cc1ccccc1)C(=O)O. The second kappa shape index (κ2) is 9.30. The van der Waals surface area contributed by atoms with E-state index in [0.29, 0.717) is 19.3 Å². The number of nitrogens with one attached hydrogen (secondary N) is 1. The summed E-state index contributed by atoms with van der Waals surface area (Å²) in [5.74, 6) is -1.59. The highest BCUT2D eigenvalue weighted by atomic mass is 16.5. The van der Waals surface area contributed by atoms with Crippen LogP contribution in [-0.2, 0) is 20.7 Å². The smallest absolute Gasteiger partial charge is 0.308 e. The average molecular weight is 319 g/mol. The second-order valence-electron chi connectivity index (χ2n) is 6.06. The maximum atomic E-state index is 11.9. The van der Waals surface area contributed by atoms with Crippen LogP contribution in [0.5, 0.6) is 0 Å². The molecule has 23 heavy (non-hydrogen) atoms. The number of hydrogen-bond acceptors (Lipinski definition) is 3. The first-order valence-corrected chi connectivity index (χ1v) is 8.30. The number of benzene rings is 1. The van der Waals surface area contributed by atoms with Crippen molar-refractivity contribution in [2.75, 3.05) is 13.2 Å². The standard InChI is InChI=1S/C18H25NO4/c20-17(10-9-16-8-4-5-11-23-16)19-13-15(18(21)22)12-14-6-2-1-3-7-14/h1-3,6-7,15-16H,4-5,8-13H2,(H,19,20)(H,21,22)/t15-,16-/m1/s1. The minimum absolute atomic E-state index is 0.0986. The largest absolute Gasteiger partial charge is 0.481 e. The van der Waals surface area contributed by atoms with E-state index >= 15 is 0 Å². The van der Waals surface area contributed by atoms with Crippen LogP contribution in [0.2, 0.25) is 0 Å². The molecule has 1 heterocycles. The lowest BCUT2D eigenvalue weighted by molar-refractivity contribution is -0.141. The molecule has 0 saturated carbocycles. The number of ether oxygens (including phenoxy) is 1. The number of carbonyl (C=O) groups is 2. The van der Waals surface area contributed by atoms with Gasteiger partial charge in [-0.3, -0.25) is 9.59 Å². The maximum Gasteiger partial charge on any atom is 0.308 e. The second-order valence-corrected chi connectivity index (χ2v) is 6.06. The van der Waals surface area contributed by atoms with Gasteiger partial charge >= 0.3 is 5.97 Å². The molecule has 0 bridgehead atoms.